The summed E-state index contributed by atoms with van der Waals surface area (Å²) in [5.41, 5.74) is 1.83. The number of hydrogen-bond donors (Lipinski definition) is 3. The Morgan fingerprint density at radius 2 is 1.73 bits per heavy atom. The molecule has 7 heterocycles. The minimum atomic E-state index is -3.20. The van der Waals surface area contributed by atoms with Crippen molar-refractivity contribution in [3.63, 3.8) is 0 Å². The summed E-state index contributed by atoms with van der Waals surface area (Å²) in [6.45, 7) is -0.0505. The van der Waals surface area contributed by atoms with Gasteiger partial charge in [0.05, 0.1) is 41.6 Å². The number of fused-ring (bicyclic) bond motifs is 4. The average molecular weight is 909 g/mol. The van der Waals surface area contributed by atoms with Gasteiger partial charge in [0.1, 0.15) is 10.5 Å². The van der Waals surface area contributed by atoms with E-state index in [2.05, 4.69) is 31.0 Å². The van der Waals surface area contributed by atoms with E-state index in [0.717, 1.165) is 0 Å². The predicted molar refractivity (Wildman–Crippen MR) is 230 cm³/mol. The molecule has 0 radical (unpaired) electrons. The maximum atomic E-state index is 16.2. The van der Waals surface area contributed by atoms with E-state index in [1.54, 1.807) is 37.4 Å². The van der Waals surface area contributed by atoms with Gasteiger partial charge in [-0.15, -0.1) is 0 Å². The minimum Gasteiger partial charge on any atom is -0.480 e. The topological polar surface area (TPSA) is 152 Å². The van der Waals surface area contributed by atoms with Crippen LogP contribution < -0.4 is 31.1 Å². The Kier molecular flexibility index (Phi) is 10.5. The second kappa shape index (κ2) is 15.9. The summed E-state index contributed by atoms with van der Waals surface area (Å²) < 4.78 is 86.7. The van der Waals surface area contributed by atoms with Crippen molar-refractivity contribution >= 4 is 68.4 Å². The van der Waals surface area contributed by atoms with Gasteiger partial charge in [0.25, 0.3) is 11.5 Å². The van der Waals surface area contributed by atoms with Crippen molar-refractivity contribution in [3.05, 3.63) is 69.0 Å². The number of rotatable bonds is 8. The monoisotopic (exact) mass is 908 g/mol. The molecule has 5 aliphatic rings. The largest absolute Gasteiger partial charge is 0.480 e. The van der Waals surface area contributed by atoms with Gasteiger partial charge in [0, 0.05) is 56.0 Å². The summed E-state index contributed by atoms with van der Waals surface area (Å²) in [4.78, 5) is 49.8. The van der Waals surface area contributed by atoms with Gasteiger partial charge in [0.15, 0.2) is 18.2 Å². The number of carbonyl (C=O) groups excluding carboxylic acids is 2. The lowest BCUT2D eigenvalue weighted by Gasteiger charge is -2.41. The van der Waals surface area contributed by atoms with Gasteiger partial charge in [0.2, 0.25) is 23.5 Å². The molecule has 2 aromatic carbocycles. The number of amides is 2. The SMILES string of the molecule is Cn1nc(C2CCC(=O)NC2=O)c2ccc(C3CCN(C[C@H]4CCN(c5ncc(Cl)c(Nc6ccc7c(c6)c6c(c(=O)n7C)OCC(F)(F)[C@H](C7CC7)N6)n5)CC4(F)F)CC3)c(F)c21. The summed E-state index contributed by atoms with van der Waals surface area (Å²) in [5.74, 6) is -9.41. The van der Waals surface area contributed by atoms with Gasteiger partial charge < -0.3 is 29.7 Å². The third-order valence-electron chi connectivity index (χ3n) is 13.7. The number of anilines is 4. The maximum Gasteiger partial charge on any atom is 0.301 e. The summed E-state index contributed by atoms with van der Waals surface area (Å²) >= 11 is 6.53. The van der Waals surface area contributed by atoms with Crippen LogP contribution in [0, 0.1) is 17.7 Å². The fourth-order valence-corrected chi connectivity index (χ4v) is 10.2. The molecular weight excluding hydrogens is 863 g/mol. The van der Waals surface area contributed by atoms with E-state index in [9.17, 15) is 14.4 Å². The van der Waals surface area contributed by atoms with Crippen LogP contribution in [-0.2, 0) is 23.7 Å². The normalized spacial score (nSPS) is 23.9. The first kappa shape index (κ1) is 42.4. The standard InChI is InChI=1S/C44H46ClF5N10O4/c1-57-31-9-5-25(17-29(31)35-37(41(57)63)64-21-44(49,50)38(54-35)23-3-4-23)52-39-30(45)18-51-42(55-39)60-16-13-24(43(47,48)20-60)19-59-14-11-22(12-15-59)26-6-7-27-34(56-58(2)36(27)33(26)46)28-8-10-32(61)53-40(28)62/h5-7,9,17-18,22-24,28,38,54H,3-4,8,10-16,19-21H2,1-2H3,(H,51,52,55)(H,53,61,62)/t24-,28?,38+/m1/s1. The van der Waals surface area contributed by atoms with Gasteiger partial charge in [-0.25, -0.2) is 26.9 Å². The summed E-state index contributed by atoms with van der Waals surface area (Å²) in [6, 6.07) is 7.34. The number of nitrogens with zero attached hydrogens (tertiary/aromatic N) is 7. The summed E-state index contributed by atoms with van der Waals surface area (Å²) in [6.07, 6.45) is 4.45. The molecule has 3 aromatic heterocycles. The Bertz CT molecular complexity index is 2770. The highest BCUT2D eigenvalue weighted by Gasteiger charge is 2.51. The van der Waals surface area contributed by atoms with E-state index < -0.39 is 60.2 Å². The van der Waals surface area contributed by atoms with Crippen LogP contribution in [0.15, 0.2) is 41.3 Å². The predicted octanol–water partition coefficient (Wildman–Crippen LogP) is 6.83. The average Bonchev–Trinajstić information content (AvgIpc) is 4.06. The summed E-state index contributed by atoms with van der Waals surface area (Å²) in [7, 11) is 3.17. The Labute approximate surface area is 368 Å². The smallest absolute Gasteiger partial charge is 0.301 e. The molecule has 3 N–H and O–H groups in total. The molecule has 338 valence electrons. The maximum absolute atomic E-state index is 16.2. The molecule has 10 rings (SSSR count). The van der Waals surface area contributed by atoms with E-state index >= 15 is 22.0 Å². The molecule has 4 aliphatic heterocycles. The summed E-state index contributed by atoms with van der Waals surface area (Å²) in [5, 5.41) is 14.0. The second-order valence-corrected chi connectivity index (χ2v) is 18.3. The number of alkyl halides is 4. The highest BCUT2D eigenvalue weighted by Crippen LogP contribution is 2.46. The highest BCUT2D eigenvalue weighted by atomic mass is 35.5. The number of ether oxygens (including phenoxy) is 1. The van der Waals surface area contributed by atoms with E-state index in [4.69, 9.17) is 16.3 Å². The second-order valence-electron chi connectivity index (χ2n) is 17.9. The number of likely N-dealkylation sites (tertiary alicyclic amines) is 1. The number of imide groups is 1. The van der Waals surface area contributed by atoms with E-state index in [1.807, 2.05) is 4.90 Å². The van der Waals surface area contributed by atoms with Gasteiger partial charge >= 0.3 is 5.92 Å². The number of aryl methyl sites for hydroxylation is 2. The Balaban J connectivity index is 0.798. The van der Waals surface area contributed by atoms with Crippen LogP contribution in [0.1, 0.15) is 68.0 Å². The van der Waals surface area contributed by atoms with Crippen LogP contribution in [0.3, 0.4) is 0 Å². The molecule has 5 aromatic rings. The van der Waals surface area contributed by atoms with Crippen LogP contribution in [0.4, 0.5) is 45.1 Å². The van der Waals surface area contributed by atoms with E-state index in [0.29, 0.717) is 83.9 Å². The molecule has 2 amide bonds. The zero-order valence-corrected chi connectivity index (χ0v) is 35.8. The molecule has 1 unspecified atom stereocenters. The number of aromatic nitrogens is 5. The van der Waals surface area contributed by atoms with Crippen LogP contribution in [-0.4, -0.2) is 98.2 Å². The number of benzene rings is 2. The minimum absolute atomic E-state index is 0.0594. The van der Waals surface area contributed by atoms with Crippen LogP contribution in [0.2, 0.25) is 5.02 Å². The zero-order chi connectivity index (χ0) is 44.8. The number of carbonyl (C=O) groups is 2. The third-order valence-corrected chi connectivity index (χ3v) is 14.0. The lowest BCUT2D eigenvalue weighted by Crippen LogP contribution is -2.53. The van der Waals surface area contributed by atoms with Crippen molar-refractivity contribution in [3.8, 4) is 5.75 Å². The van der Waals surface area contributed by atoms with Crippen LogP contribution >= 0.6 is 11.6 Å². The molecule has 1 aliphatic carbocycles. The van der Waals surface area contributed by atoms with Crippen molar-refractivity contribution in [2.24, 2.45) is 25.9 Å². The number of hydrogen-bond acceptors (Lipinski definition) is 11. The van der Waals surface area contributed by atoms with Crippen molar-refractivity contribution < 1.29 is 36.3 Å². The Hall–Kier alpha value is -5.56. The molecule has 14 nitrogen and oxygen atoms in total. The first-order valence-corrected chi connectivity index (χ1v) is 22.0. The van der Waals surface area contributed by atoms with Crippen LogP contribution in [0.5, 0.6) is 5.75 Å². The van der Waals surface area contributed by atoms with Crippen molar-refractivity contribution in [1.29, 1.82) is 0 Å². The fraction of sp³-hybridized carbons (Fsp3) is 0.500. The number of pyridine rings is 1. The molecule has 3 atom stereocenters. The number of piperidine rings is 3. The Morgan fingerprint density at radius 3 is 2.47 bits per heavy atom. The fourth-order valence-electron chi connectivity index (χ4n) is 10.0. The van der Waals surface area contributed by atoms with Gasteiger partial charge in [-0.05, 0) is 87.2 Å². The number of halogens is 6. The van der Waals surface area contributed by atoms with Crippen molar-refractivity contribution in [1.82, 2.24) is 34.5 Å². The van der Waals surface area contributed by atoms with Crippen molar-refractivity contribution in [2.75, 3.05) is 54.9 Å². The zero-order valence-electron chi connectivity index (χ0n) is 35.1. The van der Waals surface area contributed by atoms with Crippen LogP contribution in [0.25, 0.3) is 21.8 Å². The molecule has 0 bridgehead atoms. The lowest BCUT2D eigenvalue weighted by molar-refractivity contribution is -0.134. The third kappa shape index (κ3) is 7.56. The highest BCUT2D eigenvalue weighted by molar-refractivity contribution is 6.33. The number of nitrogens with one attached hydrogen (secondary N) is 3. The molecule has 20 heteroatoms. The molecule has 4 fully saturated rings. The molecule has 1 saturated carbocycles. The molecule has 64 heavy (non-hydrogen) atoms. The lowest BCUT2D eigenvalue weighted by atomic mass is 9.86. The van der Waals surface area contributed by atoms with Crippen molar-refractivity contribution in [2.45, 2.75) is 74.7 Å². The molecule has 0 spiro atoms. The van der Waals surface area contributed by atoms with Gasteiger partial charge in [-0.2, -0.15) is 10.1 Å². The Morgan fingerprint density at radius 1 is 0.953 bits per heavy atom. The first-order valence-electron chi connectivity index (χ1n) is 21.6. The molecular formula is C44H46ClF5N10O4. The quantitative estimate of drug-likeness (QED) is 0.111. The molecule has 3 saturated heterocycles. The van der Waals surface area contributed by atoms with Gasteiger partial charge in [-0.1, -0.05) is 23.7 Å². The van der Waals surface area contributed by atoms with E-state index in [-0.39, 0.29) is 71.9 Å². The van der Waals surface area contributed by atoms with E-state index in [1.165, 1.54) is 27.4 Å². The van der Waals surface area contributed by atoms with Gasteiger partial charge in [-0.3, -0.25) is 24.4 Å². The first-order chi connectivity index (χ1) is 30.6.